The van der Waals surface area contributed by atoms with E-state index in [1.165, 1.54) is 0 Å². The second-order valence-electron chi connectivity index (χ2n) is 7.83. The molecular formula is C21H29N3O6. The normalized spacial score (nSPS) is 20.7. The van der Waals surface area contributed by atoms with Gasteiger partial charge in [0.25, 0.3) is 0 Å². The number of fused-ring (bicyclic) bond motifs is 1. The summed E-state index contributed by atoms with van der Waals surface area (Å²) < 4.78 is 5.71. The first-order valence-electron chi connectivity index (χ1n) is 10.4. The Morgan fingerprint density at radius 1 is 1.23 bits per heavy atom. The maximum Gasteiger partial charge on any atom is 0.323 e. The summed E-state index contributed by atoms with van der Waals surface area (Å²) in [5.74, 6) is -1.69. The zero-order valence-corrected chi connectivity index (χ0v) is 16.9. The van der Waals surface area contributed by atoms with Crippen LogP contribution in [0.15, 0.2) is 24.3 Å². The topological polar surface area (TPSA) is 128 Å². The number of carbonyl (C=O) groups excluding carboxylic acids is 1. The molecule has 0 aromatic heterocycles. The van der Waals surface area contributed by atoms with Crippen molar-refractivity contribution in [3.63, 3.8) is 0 Å². The van der Waals surface area contributed by atoms with Crippen molar-refractivity contribution in [2.45, 2.75) is 44.2 Å². The van der Waals surface area contributed by atoms with Crippen LogP contribution in [0, 0.1) is 5.92 Å². The maximum absolute atomic E-state index is 13.0. The third-order valence-corrected chi connectivity index (χ3v) is 5.68. The third-order valence-electron chi connectivity index (χ3n) is 5.68. The van der Waals surface area contributed by atoms with Gasteiger partial charge in [-0.15, -0.1) is 0 Å². The minimum atomic E-state index is -1.16. The summed E-state index contributed by atoms with van der Waals surface area (Å²) in [6.07, 6.45) is 4.30. The predicted molar refractivity (Wildman–Crippen MR) is 110 cm³/mol. The van der Waals surface area contributed by atoms with Gasteiger partial charge in [0.15, 0.2) is 0 Å². The molecular weight excluding hydrogens is 390 g/mol. The lowest BCUT2D eigenvalue weighted by Crippen LogP contribution is -2.54. The van der Waals surface area contributed by atoms with Crippen molar-refractivity contribution in [2.24, 2.45) is 5.92 Å². The van der Waals surface area contributed by atoms with E-state index in [1.54, 1.807) is 24.3 Å². The lowest BCUT2D eigenvalue weighted by molar-refractivity contribution is -0.141. The van der Waals surface area contributed by atoms with Crippen molar-refractivity contribution < 1.29 is 29.3 Å². The molecule has 0 bridgehead atoms. The lowest BCUT2D eigenvalue weighted by atomic mass is 9.91. The number of nitrogens with one attached hydrogen (secondary N) is 2. The number of amides is 1. The maximum atomic E-state index is 13.0. The quantitative estimate of drug-likeness (QED) is 0.468. The molecule has 0 spiro atoms. The van der Waals surface area contributed by atoms with Crippen LogP contribution in [0.5, 0.6) is 5.75 Å². The Labute approximate surface area is 175 Å². The van der Waals surface area contributed by atoms with Gasteiger partial charge in [0.05, 0.1) is 5.69 Å². The van der Waals surface area contributed by atoms with Crippen LogP contribution < -0.4 is 20.3 Å². The largest absolute Gasteiger partial charge is 0.489 e. The Morgan fingerprint density at radius 3 is 2.67 bits per heavy atom. The summed E-state index contributed by atoms with van der Waals surface area (Å²) in [6.45, 7) is 1.41. The van der Waals surface area contributed by atoms with E-state index in [0.29, 0.717) is 23.8 Å². The number of benzene rings is 1. The summed E-state index contributed by atoms with van der Waals surface area (Å²) >= 11 is 0. The van der Waals surface area contributed by atoms with Crippen LogP contribution in [-0.4, -0.2) is 66.4 Å². The number of hydrogen-bond donors (Lipinski definition) is 4. The molecule has 0 radical (unpaired) electrons. The highest BCUT2D eigenvalue weighted by atomic mass is 16.5. The summed E-state index contributed by atoms with van der Waals surface area (Å²) in [4.78, 5) is 37.3. The van der Waals surface area contributed by atoms with Gasteiger partial charge in [0.2, 0.25) is 5.91 Å². The molecule has 0 aliphatic carbocycles. The van der Waals surface area contributed by atoms with E-state index in [2.05, 4.69) is 10.6 Å². The monoisotopic (exact) mass is 419 g/mol. The molecule has 1 amide bonds. The van der Waals surface area contributed by atoms with E-state index in [-0.39, 0.29) is 6.61 Å². The number of carbonyl (C=O) groups is 3. The highest BCUT2D eigenvalue weighted by Gasteiger charge is 2.35. The second kappa shape index (κ2) is 10.4. The Kier molecular flexibility index (Phi) is 7.64. The number of piperidine rings is 1. The zero-order chi connectivity index (χ0) is 21.5. The third kappa shape index (κ3) is 5.70. The fourth-order valence-corrected chi connectivity index (χ4v) is 4.07. The first-order chi connectivity index (χ1) is 14.5. The SMILES string of the molecule is O=C(O)CN1C(=O)[C@@H](N[C@@H](CCCC2CCNCC2)C(=O)O)COc2ccccc21. The Bertz CT molecular complexity index is 765. The molecule has 0 unspecified atom stereocenters. The standard InChI is InChI=1S/C21H29N3O6/c25-19(26)12-24-17-6-1-2-7-18(17)30-13-16(20(24)27)23-15(21(28)29)5-3-4-14-8-10-22-11-9-14/h1-2,6-7,14-16,22-23H,3-5,8-13H2,(H,25,26)(H,28,29)/t15-,16-/m0/s1. The van der Waals surface area contributed by atoms with Gasteiger partial charge in [-0.1, -0.05) is 25.0 Å². The number of rotatable bonds is 9. The number of nitrogens with zero attached hydrogens (tertiary/aromatic N) is 1. The van der Waals surface area contributed by atoms with E-state index in [1.807, 2.05) is 0 Å². The fraction of sp³-hybridized carbons (Fsp3) is 0.571. The summed E-state index contributed by atoms with van der Waals surface area (Å²) in [5, 5.41) is 25.1. The number of carboxylic acids is 2. The molecule has 164 valence electrons. The molecule has 30 heavy (non-hydrogen) atoms. The molecule has 4 N–H and O–H groups in total. The van der Waals surface area contributed by atoms with Gasteiger partial charge in [0, 0.05) is 0 Å². The number of anilines is 1. The van der Waals surface area contributed by atoms with Gasteiger partial charge in [-0.3, -0.25) is 24.6 Å². The predicted octanol–water partition coefficient (Wildman–Crippen LogP) is 1.08. The Hall–Kier alpha value is -2.65. The van der Waals surface area contributed by atoms with Crippen LogP contribution in [0.3, 0.4) is 0 Å². The lowest BCUT2D eigenvalue weighted by Gasteiger charge is -2.26. The van der Waals surface area contributed by atoms with E-state index in [9.17, 15) is 24.6 Å². The smallest absolute Gasteiger partial charge is 0.323 e. The van der Waals surface area contributed by atoms with Crippen LogP contribution >= 0.6 is 0 Å². The van der Waals surface area contributed by atoms with E-state index in [4.69, 9.17) is 4.74 Å². The molecule has 9 heteroatoms. The van der Waals surface area contributed by atoms with Gasteiger partial charge in [0.1, 0.15) is 31.0 Å². The summed E-state index contributed by atoms with van der Waals surface area (Å²) in [5.41, 5.74) is 0.368. The highest BCUT2D eigenvalue weighted by molar-refractivity contribution is 6.02. The van der Waals surface area contributed by atoms with E-state index >= 15 is 0 Å². The molecule has 1 fully saturated rings. The summed E-state index contributed by atoms with van der Waals surface area (Å²) in [6, 6.07) is 4.85. The molecule has 3 rings (SSSR count). The molecule has 9 nitrogen and oxygen atoms in total. The molecule has 2 aliphatic rings. The number of aliphatic carboxylic acids is 2. The molecule has 2 heterocycles. The van der Waals surface area contributed by atoms with Crippen molar-refractivity contribution in [3.8, 4) is 5.75 Å². The second-order valence-corrected chi connectivity index (χ2v) is 7.83. The van der Waals surface area contributed by atoms with Crippen molar-refractivity contribution in [1.29, 1.82) is 0 Å². The first-order valence-corrected chi connectivity index (χ1v) is 10.4. The van der Waals surface area contributed by atoms with Gasteiger partial charge < -0.3 is 20.3 Å². The average molecular weight is 419 g/mol. The number of carboxylic acid groups (broad SMARTS) is 2. The van der Waals surface area contributed by atoms with Gasteiger partial charge in [-0.2, -0.15) is 0 Å². The summed E-state index contributed by atoms with van der Waals surface area (Å²) in [7, 11) is 0. The van der Waals surface area contributed by atoms with Crippen molar-refractivity contribution in [3.05, 3.63) is 24.3 Å². The molecule has 0 saturated carbocycles. The molecule has 2 aliphatic heterocycles. The van der Waals surface area contributed by atoms with Crippen molar-refractivity contribution >= 4 is 23.5 Å². The van der Waals surface area contributed by atoms with Crippen LogP contribution in [-0.2, 0) is 14.4 Å². The molecule has 1 aromatic carbocycles. The van der Waals surface area contributed by atoms with Gasteiger partial charge in [-0.05, 0) is 50.4 Å². The highest BCUT2D eigenvalue weighted by Crippen LogP contribution is 2.31. The average Bonchev–Trinajstić information content (AvgIpc) is 2.85. The fourth-order valence-electron chi connectivity index (χ4n) is 4.07. The Morgan fingerprint density at radius 2 is 1.97 bits per heavy atom. The molecule has 1 saturated heterocycles. The van der Waals surface area contributed by atoms with Crippen LogP contribution in [0.2, 0.25) is 0 Å². The first kappa shape index (κ1) is 22.0. The van der Waals surface area contributed by atoms with E-state index < -0.39 is 36.5 Å². The minimum absolute atomic E-state index is 0.0654. The van der Waals surface area contributed by atoms with Crippen LogP contribution in [0.25, 0.3) is 0 Å². The van der Waals surface area contributed by atoms with Crippen molar-refractivity contribution in [1.82, 2.24) is 10.6 Å². The van der Waals surface area contributed by atoms with E-state index in [0.717, 1.165) is 43.7 Å². The zero-order valence-electron chi connectivity index (χ0n) is 16.9. The number of hydrogen-bond acceptors (Lipinski definition) is 6. The van der Waals surface area contributed by atoms with Gasteiger partial charge >= 0.3 is 11.9 Å². The number of ether oxygens (including phenoxy) is 1. The molecule has 1 aromatic rings. The van der Waals surface area contributed by atoms with Gasteiger partial charge in [-0.25, -0.2) is 0 Å². The Balaban J connectivity index is 1.66. The minimum Gasteiger partial charge on any atom is -0.489 e. The molecule has 2 atom stereocenters. The van der Waals surface area contributed by atoms with Crippen LogP contribution in [0.4, 0.5) is 5.69 Å². The van der Waals surface area contributed by atoms with Crippen LogP contribution in [0.1, 0.15) is 32.1 Å². The number of para-hydroxylation sites is 2. The van der Waals surface area contributed by atoms with Crippen molar-refractivity contribution in [2.75, 3.05) is 31.1 Å².